The van der Waals surface area contributed by atoms with Crippen LogP contribution in [0.3, 0.4) is 0 Å². The van der Waals surface area contributed by atoms with Crippen LogP contribution in [0.25, 0.3) is 10.8 Å². The van der Waals surface area contributed by atoms with Crippen LogP contribution < -0.4 is 5.48 Å². The number of nitrogens with zero attached hydrogens (tertiary/aromatic N) is 2. The van der Waals surface area contributed by atoms with Gasteiger partial charge < -0.3 is 4.90 Å². The minimum Gasteiger partial charge on any atom is -0.321 e. The summed E-state index contributed by atoms with van der Waals surface area (Å²) in [6.07, 6.45) is 0. The van der Waals surface area contributed by atoms with Crippen LogP contribution in [0.15, 0.2) is 66.7 Å². The van der Waals surface area contributed by atoms with E-state index in [-0.39, 0.29) is 18.3 Å². The zero-order chi connectivity index (χ0) is 21.5. The van der Waals surface area contributed by atoms with E-state index in [2.05, 4.69) is 43.0 Å². The second-order valence-corrected chi connectivity index (χ2v) is 7.10. The first-order chi connectivity index (χ1) is 14.6. The Morgan fingerprint density at radius 3 is 2.13 bits per heavy atom. The molecule has 31 heavy (non-hydrogen) atoms. The van der Waals surface area contributed by atoms with Crippen molar-refractivity contribution in [2.45, 2.75) is 20.4 Å². The molecule has 2 N–H and O–H groups in total. The highest BCUT2D eigenvalue weighted by Gasteiger charge is 2.19. The van der Waals surface area contributed by atoms with Crippen molar-refractivity contribution in [1.29, 1.82) is 0 Å². The second-order valence-electron chi connectivity index (χ2n) is 7.10. The number of carbonyl (C=O) groups excluding carboxylic acids is 2. The van der Waals surface area contributed by atoms with Crippen molar-refractivity contribution in [3.63, 3.8) is 0 Å². The molecule has 0 fully saturated rings. The van der Waals surface area contributed by atoms with Gasteiger partial charge in [0, 0.05) is 17.7 Å². The Kier molecular flexibility index (Phi) is 9.00. The molecule has 0 radical (unpaired) electrons. The second kappa shape index (κ2) is 11.5. The highest BCUT2D eigenvalue weighted by Crippen LogP contribution is 2.21. The number of carbonyl (C=O) groups is 2. The molecule has 0 aliphatic carbocycles. The van der Waals surface area contributed by atoms with Crippen LogP contribution >= 0.6 is 12.4 Å². The third-order valence-electron chi connectivity index (χ3n) is 5.29. The zero-order valence-corrected chi connectivity index (χ0v) is 18.6. The molecule has 3 aromatic carbocycles. The number of amides is 2. The van der Waals surface area contributed by atoms with Crippen molar-refractivity contribution >= 4 is 35.0 Å². The van der Waals surface area contributed by atoms with Gasteiger partial charge in [-0.2, -0.15) is 0 Å². The molecule has 0 unspecified atom stereocenters. The van der Waals surface area contributed by atoms with E-state index >= 15 is 0 Å². The molecule has 2 amide bonds. The van der Waals surface area contributed by atoms with Gasteiger partial charge >= 0.3 is 0 Å². The SMILES string of the molecule is CCN(CC)CN(Cc1cccc2ccccc12)C(=O)c1ccc(C(=O)NO)cc1.Cl. The lowest BCUT2D eigenvalue weighted by Crippen LogP contribution is -2.41. The normalized spacial score (nSPS) is 10.6. The summed E-state index contributed by atoms with van der Waals surface area (Å²) in [7, 11) is 0. The lowest BCUT2D eigenvalue weighted by molar-refractivity contribution is 0.0616. The molecule has 0 aliphatic heterocycles. The summed E-state index contributed by atoms with van der Waals surface area (Å²) in [6, 6.07) is 20.6. The third kappa shape index (κ3) is 5.82. The van der Waals surface area contributed by atoms with Gasteiger partial charge in [0.2, 0.25) is 0 Å². The highest BCUT2D eigenvalue weighted by molar-refractivity contribution is 5.97. The molecule has 0 spiro atoms. The highest BCUT2D eigenvalue weighted by atomic mass is 35.5. The number of rotatable bonds is 8. The maximum Gasteiger partial charge on any atom is 0.274 e. The lowest BCUT2D eigenvalue weighted by Gasteiger charge is -2.30. The quantitative estimate of drug-likeness (QED) is 0.310. The van der Waals surface area contributed by atoms with Crippen molar-refractivity contribution in [1.82, 2.24) is 15.3 Å². The molecule has 6 nitrogen and oxygen atoms in total. The number of hydroxylamine groups is 1. The Morgan fingerprint density at radius 2 is 1.48 bits per heavy atom. The Morgan fingerprint density at radius 1 is 0.871 bits per heavy atom. The smallest absolute Gasteiger partial charge is 0.274 e. The number of nitrogens with one attached hydrogen (secondary N) is 1. The maximum absolute atomic E-state index is 13.4. The van der Waals surface area contributed by atoms with Gasteiger partial charge in [-0.15, -0.1) is 12.4 Å². The zero-order valence-electron chi connectivity index (χ0n) is 17.7. The van der Waals surface area contributed by atoms with E-state index in [0.717, 1.165) is 29.4 Å². The fourth-order valence-electron chi connectivity index (χ4n) is 3.50. The monoisotopic (exact) mass is 441 g/mol. The molecule has 0 saturated heterocycles. The van der Waals surface area contributed by atoms with Gasteiger partial charge in [0.05, 0.1) is 6.67 Å². The average Bonchev–Trinajstić information content (AvgIpc) is 2.81. The molecule has 7 heteroatoms. The van der Waals surface area contributed by atoms with Gasteiger partial charge in [-0.3, -0.25) is 19.7 Å². The van der Waals surface area contributed by atoms with Crippen molar-refractivity contribution in [2.75, 3.05) is 19.8 Å². The summed E-state index contributed by atoms with van der Waals surface area (Å²) in [5, 5.41) is 11.1. The molecule has 0 heterocycles. The predicted octanol–water partition coefficient (Wildman–Crippen LogP) is 4.32. The van der Waals surface area contributed by atoms with E-state index in [0.29, 0.717) is 24.3 Å². The third-order valence-corrected chi connectivity index (χ3v) is 5.29. The van der Waals surface area contributed by atoms with E-state index in [1.807, 2.05) is 23.1 Å². The molecule has 0 aromatic heterocycles. The van der Waals surface area contributed by atoms with Gasteiger partial charge in [-0.25, -0.2) is 5.48 Å². The first-order valence-electron chi connectivity index (χ1n) is 10.1. The van der Waals surface area contributed by atoms with Crippen LogP contribution in [-0.4, -0.2) is 46.6 Å². The molecular formula is C24H28ClN3O3. The Hall–Kier alpha value is -2.93. The molecule has 0 saturated carbocycles. The average molecular weight is 442 g/mol. The van der Waals surface area contributed by atoms with Gasteiger partial charge in [0.25, 0.3) is 11.8 Å². The van der Waals surface area contributed by atoms with Gasteiger partial charge in [-0.1, -0.05) is 56.3 Å². The summed E-state index contributed by atoms with van der Waals surface area (Å²) >= 11 is 0. The van der Waals surface area contributed by atoms with Crippen molar-refractivity contribution < 1.29 is 14.8 Å². The molecule has 3 rings (SSSR count). The summed E-state index contributed by atoms with van der Waals surface area (Å²) in [5.41, 5.74) is 3.48. The van der Waals surface area contributed by atoms with Crippen LogP contribution in [0.4, 0.5) is 0 Å². The number of hydrogen-bond donors (Lipinski definition) is 2. The topological polar surface area (TPSA) is 72.9 Å². The summed E-state index contributed by atoms with van der Waals surface area (Å²) < 4.78 is 0. The minimum absolute atomic E-state index is 0. The fraction of sp³-hybridized carbons (Fsp3) is 0.250. The van der Waals surface area contributed by atoms with E-state index in [4.69, 9.17) is 5.21 Å². The van der Waals surface area contributed by atoms with Gasteiger partial charge in [0.1, 0.15) is 0 Å². The van der Waals surface area contributed by atoms with E-state index in [1.165, 1.54) is 12.1 Å². The van der Waals surface area contributed by atoms with Crippen LogP contribution in [0.2, 0.25) is 0 Å². The standard InChI is InChI=1S/C24H27N3O3.ClH/c1-3-26(4-2)17-27(16-21-10-7-9-18-8-5-6-11-22(18)21)24(29)20-14-12-19(13-15-20)23(28)25-30;/h5-15,30H,3-4,16-17H2,1-2H3,(H,25,28);1H. The molecule has 0 aliphatic rings. The van der Waals surface area contributed by atoms with Crippen LogP contribution in [0.1, 0.15) is 40.1 Å². The molecule has 164 valence electrons. The molecular weight excluding hydrogens is 414 g/mol. The lowest BCUT2D eigenvalue weighted by atomic mass is 10.0. The first-order valence-corrected chi connectivity index (χ1v) is 10.1. The van der Waals surface area contributed by atoms with Crippen molar-refractivity contribution in [3.05, 3.63) is 83.4 Å². The largest absolute Gasteiger partial charge is 0.321 e. The molecule has 3 aromatic rings. The number of hydrogen-bond acceptors (Lipinski definition) is 4. The van der Waals surface area contributed by atoms with E-state index < -0.39 is 5.91 Å². The maximum atomic E-state index is 13.4. The summed E-state index contributed by atoms with van der Waals surface area (Å²) in [5.74, 6) is -0.712. The first kappa shape index (κ1) is 24.3. The van der Waals surface area contributed by atoms with Crippen molar-refractivity contribution in [2.24, 2.45) is 0 Å². The van der Waals surface area contributed by atoms with Crippen molar-refractivity contribution in [3.8, 4) is 0 Å². The van der Waals surface area contributed by atoms with Gasteiger partial charge in [0.15, 0.2) is 0 Å². The van der Waals surface area contributed by atoms with Crippen LogP contribution in [-0.2, 0) is 6.54 Å². The fourth-order valence-corrected chi connectivity index (χ4v) is 3.50. The minimum atomic E-state index is -0.607. The van der Waals surface area contributed by atoms with Gasteiger partial charge in [-0.05, 0) is 53.7 Å². The number of halogens is 1. The van der Waals surface area contributed by atoms with E-state index in [1.54, 1.807) is 17.6 Å². The molecule has 0 bridgehead atoms. The Bertz CT molecular complexity index is 1010. The summed E-state index contributed by atoms with van der Waals surface area (Å²) in [4.78, 5) is 28.9. The number of benzene rings is 3. The van der Waals surface area contributed by atoms with Crippen LogP contribution in [0, 0.1) is 0 Å². The molecule has 0 atom stereocenters. The van der Waals surface area contributed by atoms with Crippen LogP contribution in [0.5, 0.6) is 0 Å². The Balaban J connectivity index is 0.00000341. The Labute approximate surface area is 188 Å². The van der Waals surface area contributed by atoms with E-state index in [9.17, 15) is 9.59 Å². The summed E-state index contributed by atoms with van der Waals surface area (Å²) in [6.45, 7) is 6.82. The number of fused-ring (bicyclic) bond motifs is 1. The predicted molar refractivity (Wildman–Crippen MR) is 125 cm³/mol.